The highest BCUT2D eigenvalue weighted by atomic mass is 19.1. The molecule has 6 nitrogen and oxygen atoms in total. The van der Waals surface area contributed by atoms with Crippen LogP contribution in [0, 0.1) is 17.7 Å². The highest BCUT2D eigenvalue weighted by molar-refractivity contribution is 5.78. The summed E-state index contributed by atoms with van der Waals surface area (Å²) in [5.41, 5.74) is 2.19. The Morgan fingerprint density at radius 2 is 2.07 bits per heavy atom. The third-order valence-corrected chi connectivity index (χ3v) is 6.42. The maximum Gasteiger partial charge on any atom is 0.290 e. The molecule has 0 radical (unpaired) electrons. The second-order valence-corrected chi connectivity index (χ2v) is 8.72. The molecule has 30 heavy (non-hydrogen) atoms. The molecule has 7 heteroatoms. The standard InChI is InChI=1S/C22H29FN2O2.CH2O2/c1-15(2)8-10-25-13-19-18(20-7-9-22(19,14-25)27-20)12-24-21(26)11-16-3-5-17(23)6-4-16;2-1-3/h3-6,8,18-20H,7,9-14H2,1-2H3,(H,24,26);1H,(H,2,3)/t18-,19+,20+,22+;/m0./s1. The molecule has 0 aromatic heterocycles. The van der Waals surface area contributed by atoms with Gasteiger partial charge in [0.1, 0.15) is 5.82 Å². The molecule has 3 fully saturated rings. The highest BCUT2D eigenvalue weighted by Crippen LogP contribution is 2.54. The van der Waals surface area contributed by atoms with Crippen molar-refractivity contribution in [3.8, 4) is 0 Å². The number of nitrogens with one attached hydrogen (secondary N) is 1. The van der Waals surface area contributed by atoms with E-state index in [0.717, 1.165) is 38.0 Å². The van der Waals surface area contributed by atoms with E-state index in [9.17, 15) is 9.18 Å². The average Bonchev–Trinajstić information content (AvgIpc) is 3.35. The van der Waals surface area contributed by atoms with Crippen molar-refractivity contribution in [1.82, 2.24) is 10.2 Å². The number of rotatable bonds is 6. The molecule has 1 aromatic carbocycles. The van der Waals surface area contributed by atoms with Crippen LogP contribution >= 0.6 is 0 Å². The number of hydrogen-bond donors (Lipinski definition) is 2. The summed E-state index contributed by atoms with van der Waals surface area (Å²) < 4.78 is 19.4. The zero-order valence-electron chi connectivity index (χ0n) is 17.6. The number of ether oxygens (including phenoxy) is 1. The molecule has 1 amide bonds. The van der Waals surface area contributed by atoms with Gasteiger partial charge in [-0.15, -0.1) is 0 Å². The summed E-state index contributed by atoms with van der Waals surface area (Å²) in [7, 11) is 0. The van der Waals surface area contributed by atoms with Crippen molar-refractivity contribution in [2.24, 2.45) is 11.8 Å². The van der Waals surface area contributed by atoms with Crippen LogP contribution in [-0.2, 0) is 20.7 Å². The lowest BCUT2D eigenvalue weighted by Gasteiger charge is -2.29. The Balaban J connectivity index is 0.000000806. The van der Waals surface area contributed by atoms with Crippen LogP contribution in [0.4, 0.5) is 4.39 Å². The fourth-order valence-corrected chi connectivity index (χ4v) is 5.09. The summed E-state index contributed by atoms with van der Waals surface area (Å²) >= 11 is 0. The first kappa shape index (κ1) is 22.4. The van der Waals surface area contributed by atoms with E-state index in [0.29, 0.717) is 24.8 Å². The van der Waals surface area contributed by atoms with Gasteiger partial charge in [-0.05, 0) is 44.4 Å². The molecule has 3 aliphatic heterocycles. The Morgan fingerprint density at radius 3 is 2.73 bits per heavy atom. The quantitative estimate of drug-likeness (QED) is 0.549. The van der Waals surface area contributed by atoms with Crippen LogP contribution in [0.3, 0.4) is 0 Å². The molecule has 0 saturated carbocycles. The van der Waals surface area contributed by atoms with Crippen LogP contribution in [0.2, 0.25) is 0 Å². The average molecular weight is 419 g/mol. The van der Waals surface area contributed by atoms with Gasteiger partial charge in [0.05, 0.1) is 18.1 Å². The molecule has 3 aliphatic rings. The second-order valence-electron chi connectivity index (χ2n) is 8.72. The van der Waals surface area contributed by atoms with E-state index in [2.05, 4.69) is 30.1 Å². The van der Waals surface area contributed by atoms with Gasteiger partial charge < -0.3 is 15.2 Å². The summed E-state index contributed by atoms with van der Waals surface area (Å²) in [6.45, 7) is 7.75. The molecule has 3 saturated heterocycles. The molecule has 3 heterocycles. The van der Waals surface area contributed by atoms with E-state index in [1.54, 1.807) is 12.1 Å². The van der Waals surface area contributed by atoms with Crippen molar-refractivity contribution in [2.75, 3.05) is 26.2 Å². The molecular formula is C23H31FN2O4. The number of carbonyl (C=O) groups is 2. The van der Waals surface area contributed by atoms with Gasteiger partial charge in [0.15, 0.2) is 0 Å². The number of allylic oxidation sites excluding steroid dienone is 1. The van der Waals surface area contributed by atoms with E-state index in [-0.39, 0.29) is 29.9 Å². The summed E-state index contributed by atoms with van der Waals surface area (Å²) in [6, 6.07) is 6.14. The number of halogens is 1. The molecule has 1 aromatic rings. The monoisotopic (exact) mass is 418 g/mol. The topological polar surface area (TPSA) is 78.9 Å². The maximum absolute atomic E-state index is 13.0. The lowest BCUT2D eigenvalue weighted by Crippen LogP contribution is -2.42. The van der Waals surface area contributed by atoms with E-state index >= 15 is 0 Å². The molecule has 1 spiro atoms. The smallest absolute Gasteiger partial charge is 0.290 e. The van der Waals surface area contributed by atoms with Crippen LogP contribution < -0.4 is 5.32 Å². The number of fused-ring (bicyclic) bond motifs is 1. The zero-order valence-corrected chi connectivity index (χ0v) is 17.6. The Hall–Kier alpha value is -2.25. The zero-order chi connectivity index (χ0) is 21.7. The Bertz CT molecular complexity index is 778. The number of carboxylic acid groups (broad SMARTS) is 1. The highest BCUT2D eigenvalue weighted by Gasteiger charge is 2.62. The third kappa shape index (κ3) is 5.08. The second kappa shape index (κ2) is 9.71. The van der Waals surface area contributed by atoms with E-state index in [4.69, 9.17) is 14.6 Å². The summed E-state index contributed by atoms with van der Waals surface area (Å²) in [5, 5.41) is 9.99. The van der Waals surface area contributed by atoms with Crippen LogP contribution in [0.15, 0.2) is 35.9 Å². The Kier molecular flexibility index (Phi) is 7.26. The molecule has 2 bridgehead atoms. The SMILES string of the molecule is CC(C)=CCN1C[C@@H]2[C@H](CNC(=O)Cc3ccc(F)cc3)[C@H]3CC[C@]2(C1)O3.O=CO. The first-order valence-electron chi connectivity index (χ1n) is 10.5. The Labute approximate surface area is 177 Å². The van der Waals surface area contributed by atoms with Gasteiger partial charge in [0.25, 0.3) is 6.47 Å². The van der Waals surface area contributed by atoms with Gasteiger partial charge in [-0.1, -0.05) is 23.8 Å². The maximum atomic E-state index is 13.0. The summed E-state index contributed by atoms with van der Waals surface area (Å²) in [6.07, 6.45) is 5.11. The van der Waals surface area contributed by atoms with Crippen LogP contribution in [-0.4, -0.2) is 60.3 Å². The third-order valence-electron chi connectivity index (χ3n) is 6.42. The van der Waals surface area contributed by atoms with Crippen molar-refractivity contribution in [1.29, 1.82) is 0 Å². The molecule has 2 N–H and O–H groups in total. The fourth-order valence-electron chi connectivity index (χ4n) is 5.09. The van der Waals surface area contributed by atoms with Gasteiger partial charge in [-0.2, -0.15) is 0 Å². The van der Waals surface area contributed by atoms with Gasteiger partial charge in [-0.3, -0.25) is 14.5 Å². The summed E-state index contributed by atoms with van der Waals surface area (Å²) in [4.78, 5) is 23.2. The van der Waals surface area contributed by atoms with E-state index in [1.807, 2.05) is 0 Å². The predicted octanol–water partition coefficient (Wildman–Crippen LogP) is 2.63. The number of carbonyl (C=O) groups excluding carboxylic acids is 1. The first-order valence-corrected chi connectivity index (χ1v) is 10.5. The van der Waals surface area contributed by atoms with Crippen molar-refractivity contribution in [3.05, 3.63) is 47.3 Å². The minimum Gasteiger partial charge on any atom is -0.483 e. The van der Waals surface area contributed by atoms with Crippen LogP contribution in [0.1, 0.15) is 32.3 Å². The molecular weight excluding hydrogens is 387 g/mol. The molecule has 0 aliphatic carbocycles. The van der Waals surface area contributed by atoms with Crippen molar-refractivity contribution in [2.45, 2.75) is 44.8 Å². The van der Waals surface area contributed by atoms with Gasteiger partial charge in [0.2, 0.25) is 5.91 Å². The first-order chi connectivity index (χ1) is 14.4. The van der Waals surface area contributed by atoms with Crippen LogP contribution in [0.5, 0.6) is 0 Å². The predicted molar refractivity (Wildman–Crippen MR) is 111 cm³/mol. The normalized spacial score (nSPS) is 29.0. The van der Waals surface area contributed by atoms with Gasteiger partial charge in [0, 0.05) is 38.0 Å². The van der Waals surface area contributed by atoms with Crippen molar-refractivity contribution >= 4 is 12.4 Å². The fraction of sp³-hybridized carbons (Fsp3) is 0.565. The summed E-state index contributed by atoms with van der Waals surface area (Å²) in [5.74, 6) is 0.626. The van der Waals surface area contributed by atoms with Crippen LogP contribution in [0.25, 0.3) is 0 Å². The molecule has 4 atom stereocenters. The van der Waals surface area contributed by atoms with Gasteiger partial charge in [-0.25, -0.2) is 4.39 Å². The number of benzene rings is 1. The lowest BCUT2D eigenvalue weighted by atomic mass is 9.73. The number of hydrogen-bond acceptors (Lipinski definition) is 4. The molecule has 4 rings (SSSR count). The largest absolute Gasteiger partial charge is 0.483 e. The van der Waals surface area contributed by atoms with Crippen molar-refractivity contribution in [3.63, 3.8) is 0 Å². The molecule has 164 valence electrons. The number of amides is 1. The molecule has 0 unspecified atom stereocenters. The lowest BCUT2D eigenvalue weighted by molar-refractivity contribution is -0.123. The van der Waals surface area contributed by atoms with E-state index < -0.39 is 0 Å². The van der Waals surface area contributed by atoms with E-state index in [1.165, 1.54) is 17.7 Å². The Morgan fingerprint density at radius 1 is 1.37 bits per heavy atom. The minimum atomic E-state index is -0.275. The van der Waals surface area contributed by atoms with Gasteiger partial charge >= 0.3 is 0 Å². The van der Waals surface area contributed by atoms with Crippen molar-refractivity contribution < 1.29 is 23.8 Å². The number of likely N-dealkylation sites (tertiary alicyclic amines) is 1. The number of nitrogens with zero attached hydrogens (tertiary/aromatic N) is 1. The minimum absolute atomic E-state index is 0.00201.